The molecule has 0 aromatic heterocycles. The Bertz CT molecular complexity index is 618. The highest BCUT2D eigenvalue weighted by Gasteiger charge is 2.44. The smallest absolute Gasteiger partial charge is 0.326 e. The number of piperidine rings is 1. The third-order valence-corrected chi connectivity index (χ3v) is 5.03. The first kappa shape index (κ1) is 17.0. The van der Waals surface area contributed by atoms with Crippen molar-refractivity contribution in [1.29, 1.82) is 0 Å². The second kappa shape index (κ2) is 6.99. The van der Waals surface area contributed by atoms with Crippen molar-refractivity contribution >= 4 is 5.97 Å². The van der Waals surface area contributed by atoms with Crippen LogP contribution >= 0.6 is 0 Å². The van der Waals surface area contributed by atoms with E-state index in [1.807, 2.05) is 12.1 Å². The van der Waals surface area contributed by atoms with Gasteiger partial charge in [0.2, 0.25) is 0 Å². The molecule has 0 spiro atoms. The number of nitrogens with zero attached hydrogens (tertiary/aromatic N) is 1. The van der Waals surface area contributed by atoms with Crippen LogP contribution in [0.4, 0.5) is 0 Å². The van der Waals surface area contributed by atoms with Gasteiger partial charge in [0.1, 0.15) is 6.04 Å². The average molecular weight is 335 g/mol. The minimum Gasteiger partial charge on any atom is -0.493 e. The molecule has 3 atom stereocenters. The maximum atomic E-state index is 12.3. The molecule has 0 bridgehead atoms. The van der Waals surface area contributed by atoms with Gasteiger partial charge in [0.15, 0.2) is 11.5 Å². The zero-order valence-corrected chi connectivity index (χ0v) is 14.4. The molecule has 0 saturated carbocycles. The molecule has 6 heteroatoms. The van der Waals surface area contributed by atoms with Crippen LogP contribution in [0, 0.1) is 0 Å². The zero-order valence-electron chi connectivity index (χ0n) is 14.4. The van der Waals surface area contributed by atoms with E-state index in [1.54, 1.807) is 21.1 Å². The number of methoxy groups -OCH3 is 2. The number of fused-ring (bicyclic) bond motifs is 3. The third-order valence-electron chi connectivity index (χ3n) is 5.03. The van der Waals surface area contributed by atoms with Crippen LogP contribution in [-0.4, -0.2) is 55.5 Å². The Labute approximate surface area is 142 Å². The highest BCUT2D eigenvalue weighted by Crippen LogP contribution is 2.43. The van der Waals surface area contributed by atoms with Crippen LogP contribution in [0.25, 0.3) is 0 Å². The molecule has 1 fully saturated rings. The fourth-order valence-corrected chi connectivity index (χ4v) is 3.93. The second-order valence-corrected chi connectivity index (χ2v) is 6.25. The Hall–Kier alpha value is -1.79. The number of hydrogen-bond acceptors (Lipinski definition) is 6. The molecule has 0 amide bonds. The summed E-state index contributed by atoms with van der Waals surface area (Å²) in [6.45, 7) is 2.82. The summed E-state index contributed by atoms with van der Waals surface area (Å²) in [6.07, 6.45) is 1.51. The summed E-state index contributed by atoms with van der Waals surface area (Å²) in [4.78, 5) is 14.4. The van der Waals surface area contributed by atoms with Crippen LogP contribution in [-0.2, 0) is 16.0 Å². The van der Waals surface area contributed by atoms with Gasteiger partial charge in [0.25, 0.3) is 0 Å². The summed E-state index contributed by atoms with van der Waals surface area (Å²) >= 11 is 0. The number of aliphatic hydroxyl groups excluding tert-OH is 1. The molecule has 2 heterocycles. The van der Waals surface area contributed by atoms with Crippen LogP contribution in [0.5, 0.6) is 11.5 Å². The average Bonchev–Trinajstić information content (AvgIpc) is 2.59. The summed E-state index contributed by atoms with van der Waals surface area (Å²) in [6, 6.07) is 3.53. The summed E-state index contributed by atoms with van der Waals surface area (Å²) in [7, 11) is 3.25. The van der Waals surface area contributed by atoms with E-state index in [4.69, 9.17) is 14.2 Å². The van der Waals surface area contributed by atoms with E-state index < -0.39 is 12.1 Å². The van der Waals surface area contributed by atoms with Crippen LogP contribution in [0.1, 0.15) is 36.9 Å². The van der Waals surface area contributed by atoms with E-state index in [0.29, 0.717) is 25.3 Å². The number of rotatable bonds is 4. The van der Waals surface area contributed by atoms with Crippen molar-refractivity contribution in [2.45, 2.75) is 44.4 Å². The van der Waals surface area contributed by atoms with Gasteiger partial charge >= 0.3 is 5.97 Å². The summed E-state index contributed by atoms with van der Waals surface area (Å²) in [5, 5.41) is 10.3. The molecule has 3 rings (SSSR count). The van der Waals surface area contributed by atoms with Crippen LogP contribution in [0.15, 0.2) is 12.1 Å². The maximum Gasteiger partial charge on any atom is 0.326 e. The van der Waals surface area contributed by atoms with Crippen LogP contribution < -0.4 is 9.47 Å². The van der Waals surface area contributed by atoms with Gasteiger partial charge < -0.3 is 19.3 Å². The highest BCUT2D eigenvalue weighted by atomic mass is 16.5. The predicted octanol–water partition coefficient (Wildman–Crippen LogP) is 1.69. The molecule has 2 aliphatic heterocycles. The van der Waals surface area contributed by atoms with Crippen molar-refractivity contribution in [1.82, 2.24) is 4.90 Å². The standard InChI is InChI=1S/C18H25NO5/c1-4-24-18(21)17-14(20)6-5-13-12-10-16(23-3)15(22-2)9-11(12)7-8-19(13)17/h9-10,13-14,17,20H,4-8H2,1-3H3/t13-,14-,17+/m0/s1. The van der Waals surface area contributed by atoms with Gasteiger partial charge in [-0.05, 0) is 49.4 Å². The Morgan fingerprint density at radius 1 is 1.25 bits per heavy atom. The summed E-state index contributed by atoms with van der Waals surface area (Å²) in [5.74, 6) is 1.08. The molecule has 0 aliphatic carbocycles. The molecule has 6 nitrogen and oxygen atoms in total. The normalized spacial score (nSPS) is 26.2. The quantitative estimate of drug-likeness (QED) is 0.845. The largest absolute Gasteiger partial charge is 0.493 e. The Balaban J connectivity index is 1.96. The number of benzene rings is 1. The third kappa shape index (κ3) is 2.84. The molecule has 1 aromatic carbocycles. The van der Waals surface area contributed by atoms with E-state index >= 15 is 0 Å². The van der Waals surface area contributed by atoms with Crippen molar-refractivity contribution in [2.75, 3.05) is 27.4 Å². The molecule has 1 N–H and O–H groups in total. The lowest BCUT2D eigenvalue weighted by molar-refractivity contribution is -0.159. The topological polar surface area (TPSA) is 68.2 Å². The number of carbonyl (C=O) groups excluding carboxylic acids is 1. The van der Waals surface area contributed by atoms with Gasteiger partial charge in [-0.15, -0.1) is 0 Å². The zero-order chi connectivity index (χ0) is 17.3. The van der Waals surface area contributed by atoms with Crippen molar-refractivity contribution in [3.05, 3.63) is 23.3 Å². The van der Waals surface area contributed by atoms with E-state index in [1.165, 1.54) is 5.56 Å². The minimum atomic E-state index is -0.679. The molecule has 132 valence electrons. The number of ether oxygens (including phenoxy) is 3. The van der Waals surface area contributed by atoms with Crippen LogP contribution in [0.2, 0.25) is 0 Å². The van der Waals surface area contributed by atoms with E-state index in [2.05, 4.69) is 4.90 Å². The first-order valence-electron chi connectivity index (χ1n) is 8.46. The lowest BCUT2D eigenvalue weighted by Crippen LogP contribution is -2.56. The van der Waals surface area contributed by atoms with Crippen molar-refractivity contribution in [3.8, 4) is 11.5 Å². The first-order chi connectivity index (χ1) is 11.6. The number of carbonyl (C=O) groups is 1. The van der Waals surface area contributed by atoms with Gasteiger partial charge in [0, 0.05) is 12.6 Å². The Morgan fingerprint density at radius 3 is 2.62 bits per heavy atom. The van der Waals surface area contributed by atoms with Gasteiger partial charge in [-0.2, -0.15) is 0 Å². The molecule has 1 aromatic rings. The van der Waals surface area contributed by atoms with Gasteiger partial charge in [-0.25, -0.2) is 0 Å². The number of esters is 1. The minimum absolute atomic E-state index is 0.0892. The summed E-state index contributed by atoms with van der Waals surface area (Å²) in [5.41, 5.74) is 2.37. The van der Waals surface area contributed by atoms with E-state index in [-0.39, 0.29) is 12.0 Å². The molecular weight excluding hydrogens is 310 g/mol. The summed E-state index contributed by atoms with van der Waals surface area (Å²) < 4.78 is 16.0. The molecular formula is C18H25NO5. The van der Waals surface area contributed by atoms with Crippen LogP contribution in [0.3, 0.4) is 0 Å². The lowest BCUT2D eigenvalue weighted by Gasteiger charge is -2.46. The maximum absolute atomic E-state index is 12.3. The first-order valence-corrected chi connectivity index (χ1v) is 8.46. The van der Waals surface area contributed by atoms with E-state index in [0.717, 1.165) is 24.2 Å². The lowest BCUT2D eigenvalue weighted by atomic mass is 9.82. The Kier molecular flexibility index (Phi) is 4.96. The monoisotopic (exact) mass is 335 g/mol. The SMILES string of the molecule is CCOC(=O)[C@H]1[C@@H](O)CC[C@H]2c3cc(OC)c(OC)cc3CCN21. The highest BCUT2D eigenvalue weighted by molar-refractivity contribution is 5.77. The van der Waals surface area contributed by atoms with Crippen molar-refractivity contribution in [2.24, 2.45) is 0 Å². The second-order valence-electron chi connectivity index (χ2n) is 6.25. The Morgan fingerprint density at radius 2 is 1.96 bits per heavy atom. The molecule has 0 unspecified atom stereocenters. The molecule has 1 saturated heterocycles. The van der Waals surface area contributed by atoms with Gasteiger partial charge in [-0.1, -0.05) is 0 Å². The molecule has 0 radical (unpaired) electrons. The number of hydrogen-bond donors (Lipinski definition) is 1. The van der Waals surface area contributed by atoms with Crippen molar-refractivity contribution in [3.63, 3.8) is 0 Å². The van der Waals surface area contributed by atoms with Gasteiger partial charge in [0.05, 0.1) is 26.9 Å². The molecule has 2 aliphatic rings. The predicted molar refractivity (Wildman–Crippen MR) is 88.4 cm³/mol. The number of aliphatic hydroxyl groups is 1. The van der Waals surface area contributed by atoms with Gasteiger partial charge in [-0.3, -0.25) is 9.69 Å². The fraction of sp³-hybridized carbons (Fsp3) is 0.611. The van der Waals surface area contributed by atoms with Crippen molar-refractivity contribution < 1.29 is 24.1 Å². The molecule has 24 heavy (non-hydrogen) atoms. The van der Waals surface area contributed by atoms with E-state index in [9.17, 15) is 9.90 Å². The fourth-order valence-electron chi connectivity index (χ4n) is 3.93.